The molecule has 9 heteroatoms. The van der Waals surface area contributed by atoms with Crippen LogP contribution in [0.4, 0.5) is 0 Å². The Kier molecular flexibility index (Phi) is 14.5. The molecule has 2 rings (SSSR count). The first-order valence-electron chi connectivity index (χ1n) is 15.0. The highest BCUT2D eigenvalue weighted by molar-refractivity contribution is 7.95. The molecule has 39 heavy (non-hydrogen) atoms. The summed E-state index contributed by atoms with van der Waals surface area (Å²) in [5.74, 6) is 0.782. The Labute approximate surface area is 238 Å². The third-order valence-electron chi connectivity index (χ3n) is 8.38. The first-order chi connectivity index (χ1) is 18.5. The van der Waals surface area contributed by atoms with Gasteiger partial charge in [0.25, 0.3) is 0 Å². The number of hydrogen-bond donors (Lipinski definition) is 0. The minimum atomic E-state index is -3.53. The third-order valence-corrected chi connectivity index (χ3v) is 11.0. The molecule has 226 valence electrons. The van der Waals surface area contributed by atoms with Crippen molar-refractivity contribution in [1.29, 1.82) is 0 Å². The molecule has 0 aromatic heterocycles. The molecule has 1 fully saturated rings. The van der Waals surface area contributed by atoms with Crippen molar-refractivity contribution in [3.63, 3.8) is 0 Å². The monoisotopic (exact) mass is 569 g/mol. The van der Waals surface area contributed by atoms with Crippen LogP contribution in [0, 0.1) is 5.92 Å². The Morgan fingerprint density at radius 2 is 1.85 bits per heavy atom. The van der Waals surface area contributed by atoms with Gasteiger partial charge in [0, 0.05) is 38.6 Å². The normalized spacial score (nSPS) is 20.8. The fourth-order valence-corrected chi connectivity index (χ4v) is 7.89. The molecule has 0 aromatic rings. The Morgan fingerprint density at radius 3 is 2.44 bits per heavy atom. The Morgan fingerprint density at radius 1 is 1.15 bits per heavy atom. The summed E-state index contributed by atoms with van der Waals surface area (Å²) in [7, 11) is 0.246. The van der Waals surface area contributed by atoms with Gasteiger partial charge < -0.3 is 19.3 Å². The molecule has 2 aliphatic rings. The molecular weight excluding hydrogens is 514 g/mol. The van der Waals surface area contributed by atoms with Gasteiger partial charge in [0.2, 0.25) is 5.91 Å². The number of carbonyl (C=O) groups excluding carboxylic acids is 1. The lowest BCUT2D eigenvalue weighted by Crippen LogP contribution is -2.51. The van der Waals surface area contributed by atoms with Crippen LogP contribution in [0.1, 0.15) is 79.6 Å². The largest absolute Gasteiger partial charge is 0.501 e. The van der Waals surface area contributed by atoms with Crippen LogP contribution in [0.2, 0.25) is 0 Å². The fourth-order valence-electron chi connectivity index (χ4n) is 5.62. The van der Waals surface area contributed by atoms with Gasteiger partial charge in [-0.2, -0.15) is 0 Å². The van der Waals surface area contributed by atoms with Crippen molar-refractivity contribution in [3.05, 3.63) is 22.3 Å². The second kappa shape index (κ2) is 16.7. The van der Waals surface area contributed by atoms with Gasteiger partial charge in [0.05, 0.1) is 42.7 Å². The van der Waals surface area contributed by atoms with E-state index in [0.29, 0.717) is 23.8 Å². The number of hydrogen-bond acceptors (Lipinski definition) is 7. The summed E-state index contributed by atoms with van der Waals surface area (Å²) in [6.07, 6.45) is 7.29. The molecule has 3 unspecified atom stereocenters. The third kappa shape index (κ3) is 10.2. The van der Waals surface area contributed by atoms with Gasteiger partial charge in [-0.25, -0.2) is 8.42 Å². The number of amides is 1. The Hall–Kier alpha value is -1.42. The molecule has 0 bridgehead atoms. The average molecular weight is 570 g/mol. The first-order valence-corrected chi connectivity index (χ1v) is 16.6. The van der Waals surface area contributed by atoms with Crippen LogP contribution in [0.15, 0.2) is 22.3 Å². The molecular formula is C30H55N3O5S. The van der Waals surface area contributed by atoms with Crippen LogP contribution in [0.25, 0.3) is 0 Å². The van der Waals surface area contributed by atoms with E-state index in [-0.39, 0.29) is 31.5 Å². The second-order valence-electron chi connectivity index (χ2n) is 11.4. The van der Waals surface area contributed by atoms with E-state index in [0.717, 1.165) is 76.3 Å². The van der Waals surface area contributed by atoms with Crippen molar-refractivity contribution in [1.82, 2.24) is 14.7 Å². The van der Waals surface area contributed by atoms with Gasteiger partial charge in [-0.3, -0.25) is 9.69 Å². The molecule has 0 spiro atoms. The zero-order valence-corrected chi connectivity index (χ0v) is 26.5. The lowest BCUT2D eigenvalue weighted by Gasteiger charge is -2.38. The number of carbonyl (C=O) groups is 1. The maximum absolute atomic E-state index is 13.8. The van der Waals surface area contributed by atoms with E-state index in [1.165, 1.54) is 0 Å². The number of methoxy groups -OCH3 is 1. The van der Waals surface area contributed by atoms with E-state index >= 15 is 0 Å². The number of nitrogens with zero attached hydrogens (tertiary/aromatic N) is 3. The van der Waals surface area contributed by atoms with Gasteiger partial charge in [-0.15, -0.1) is 0 Å². The minimum absolute atomic E-state index is 0.0927. The second-order valence-corrected chi connectivity index (χ2v) is 13.6. The molecule has 1 heterocycles. The topological polar surface area (TPSA) is 79.4 Å². The van der Waals surface area contributed by atoms with Crippen molar-refractivity contribution in [2.45, 2.75) is 90.9 Å². The zero-order valence-electron chi connectivity index (χ0n) is 25.7. The van der Waals surface area contributed by atoms with Crippen LogP contribution < -0.4 is 0 Å². The van der Waals surface area contributed by atoms with Gasteiger partial charge in [-0.1, -0.05) is 40.0 Å². The number of unbranched alkanes of at least 4 members (excludes halogenated alkanes) is 2. The molecule has 0 saturated carbocycles. The SMILES string of the molecule is CCCCCC(COCCC(=O)N1CCN(C(C)CCN(C)CC)CC1)S(=O)(=O)C1=C(C)C=C(OC)CC1C. The van der Waals surface area contributed by atoms with E-state index in [2.05, 4.69) is 37.6 Å². The lowest BCUT2D eigenvalue weighted by molar-refractivity contribution is -0.134. The van der Waals surface area contributed by atoms with Crippen molar-refractivity contribution < 1.29 is 22.7 Å². The number of rotatable bonds is 17. The predicted octanol–water partition coefficient (Wildman–Crippen LogP) is 4.48. The summed E-state index contributed by atoms with van der Waals surface area (Å²) in [5.41, 5.74) is 0.757. The van der Waals surface area contributed by atoms with Crippen LogP contribution in [0.5, 0.6) is 0 Å². The summed E-state index contributed by atoms with van der Waals surface area (Å²) in [4.78, 5) is 20.1. The maximum Gasteiger partial charge on any atom is 0.224 e. The highest BCUT2D eigenvalue weighted by Crippen LogP contribution is 2.36. The van der Waals surface area contributed by atoms with Gasteiger partial charge in [0.1, 0.15) is 0 Å². The molecule has 1 aliphatic carbocycles. The highest BCUT2D eigenvalue weighted by atomic mass is 32.2. The summed E-state index contributed by atoms with van der Waals surface area (Å²) in [6.45, 7) is 16.2. The van der Waals surface area contributed by atoms with Gasteiger partial charge >= 0.3 is 0 Å². The van der Waals surface area contributed by atoms with Crippen LogP contribution in [-0.2, 0) is 24.1 Å². The highest BCUT2D eigenvalue weighted by Gasteiger charge is 2.35. The fraction of sp³-hybridized carbons (Fsp3) is 0.833. The molecule has 3 atom stereocenters. The van der Waals surface area contributed by atoms with Crippen molar-refractivity contribution >= 4 is 15.7 Å². The molecule has 8 nitrogen and oxygen atoms in total. The summed E-state index contributed by atoms with van der Waals surface area (Å²) >= 11 is 0. The first kappa shape index (κ1) is 33.8. The quantitative estimate of drug-likeness (QED) is 0.239. The maximum atomic E-state index is 13.8. The van der Waals surface area contributed by atoms with Gasteiger partial charge in [-0.05, 0) is 64.4 Å². The van der Waals surface area contributed by atoms with Crippen LogP contribution >= 0.6 is 0 Å². The van der Waals surface area contributed by atoms with E-state index in [1.807, 2.05) is 24.8 Å². The zero-order chi connectivity index (χ0) is 29.0. The standard InChI is InChI=1S/C30H55N3O5S/c1-8-10-11-12-28(39(35,36)30-24(3)21-27(37-7)22-25(30)4)23-38-20-14-29(34)33-18-16-32(17-19-33)26(5)13-15-31(6)9-2/h21,25-26,28H,8-20,22-23H2,1-7H3. The Balaban J connectivity index is 1.88. The molecule has 1 amide bonds. The minimum Gasteiger partial charge on any atom is -0.501 e. The van der Waals surface area contributed by atoms with E-state index in [9.17, 15) is 13.2 Å². The predicted molar refractivity (Wildman–Crippen MR) is 159 cm³/mol. The lowest BCUT2D eigenvalue weighted by atomic mass is 9.97. The van der Waals surface area contributed by atoms with E-state index < -0.39 is 15.1 Å². The summed E-state index contributed by atoms with van der Waals surface area (Å²) in [6, 6.07) is 0.508. The van der Waals surface area contributed by atoms with E-state index in [4.69, 9.17) is 9.47 Å². The molecule has 1 aliphatic heterocycles. The van der Waals surface area contributed by atoms with Crippen molar-refractivity contribution in [3.8, 4) is 0 Å². The molecule has 0 radical (unpaired) electrons. The number of sulfone groups is 1. The van der Waals surface area contributed by atoms with Gasteiger partial charge in [0.15, 0.2) is 9.84 Å². The number of allylic oxidation sites excluding steroid dienone is 4. The number of piperazine rings is 1. The summed E-state index contributed by atoms with van der Waals surface area (Å²) in [5, 5.41) is -0.596. The van der Waals surface area contributed by atoms with Crippen molar-refractivity contribution in [2.75, 3.05) is 66.6 Å². The van der Waals surface area contributed by atoms with Crippen LogP contribution in [0.3, 0.4) is 0 Å². The average Bonchev–Trinajstić information content (AvgIpc) is 2.91. The van der Waals surface area contributed by atoms with Crippen molar-refractivity contribution in [2.24, 2.45) is 5.92 Å². The van der Waals surface area contributed by atoms with E-state index in [1.54, 1.807) is 7.11 Å². The molecule has 0 N–H and O–H groups in total. The Bertz CT molecular complexity index is 925. The van der Waals surface area contributed by atoms with Crippen LogP contribution in [-0.4, -0.2) is 107 Å². The smallest absolute Gasteiger partial charge is 0.224 e. The molecule has 1 saturated heterocycles. The summed E-state index contributed by atoms with van der Waals surface area (Å²) < 4.78 is 38.8. The number of ether oxygens (including phenoxy) is 2. The molecule has 0 aromatic carbocycles.